The van der Waals surface area contributed by atoms with E-state index in [1.807, 2.05) is 42.8 Å². The Labute approximate surface area is 112 Å². The van der Waals surface area contributed by atoms with Gasteiger partial charge >= 0.3 is 0 Å². The summed E-state index contributed by atoms with van der Waals surface area (Å²) in [5.41, 5.74) is 2.73. The van der Waals surface area contributed by atoms with E-state index >= 15 is 0 Å². The highest BCUT2D eigenvalue weighted by Gasteiger charge is 2.14. The number of hydrogen-bond acceptors (Lipinski definition) is 3. The van der Waals surface area contributed by atoms with Gasteiger partial charge in [0, 0.05) is 25.5 Å². The lowest BCUT2D eigenvalue weighted by Crippen LogP contribution is -2.34. The van der Waals surface area contributed by atoms with Crippen LogP contribution in [0.2, 0.25) is 0 Å². The zero-order valence-corrected chi connectivity index (χ0v) is 11.3. The van der Waals surface area contributed by atoms with Crippen LogP contribution < -0.4 is 0 Å². The molecule has 5 heteroatoms. The van der Waals surface area contributed by atoms with Gasteiger partial charge in [0.25, 0.3) is 0 Å². The van der Waals surface area contributed by atoms with Gasteiger partial charge in [-0.1, -0.05) is 6.07 Å². The van der Waals surface area contributed by atoms with Crippen molar-refractivity contribution in [2.75, 3.05) is 19.7 Å². The second-order valence-electron chi connectivity index (χ2n) is 4.53. The highest BCUT2D eigenvalue weighted by Crippen LogP contribution is 2.11. The molecule has 0 aliphatic rings. The summed E-state index contributed by atoms with van der Waals surface area (Å²) in [4.78, 5) is 18.2. The molecule has 0 unspecified atom stereocenters. The summed E-state index contributed by atoms with van der Waals surface area (Å²) in [7, 11) is 0. The SMILES string of the molecule is CCN(CCO)C(=O)Cc1cn2cccc(C)c2n1. The molecule has 0 bridgehead atoms. The predicted octanol–water partition coefficient (Wildman–Crippen LogP) is 1.03. The Bertz CT molecular complexity index is 577. The number of amides is 1. The van der Waals surface area contributed by atoms with Crippen LogP contribution in [0.3, 0.4) is 0 Å². The maximum atomic E-state index is 12.1. The molecule has 0 aliphatic carbocycles. The average Bonchev–Trinajstić information content (AvgIpc) is 2.79. The molecule has 0 aliphatic heterocycles. The summed E-state index contributed by atoms with van der Waals surface area (Å²) in [5, 5.41) is 8.92. The molecule has 19 heavy (non-hydrogen) atoms. The van der Waals surface area contributed by atoms with E-state index < -0.39 is 0 Å². The van der Waals surface area contributed by atoms with E-state index in [1.54, 1.807) is 4.90 Å². The van der Waals surface area contributed by atoms with Crippen LogP contribution in [0.5, 0.6) is 0 Å². The monoisotopic (exact) mass is 261 g/mol. The van der Waals surface area contributed by atoms with E-state index in [4.69, 9.17) is 5.11 Å². The first-order valence-electron chi connectivity index (χ1n) is 6.47. The lowest BCUT2D eigenvalue weighted by Gasteiger charge is -2.18. The summed E-state index contributed by atoms with van der Waals surface area (Å²) in [6.07, 6.45) is 4.08. The minimum absolute atomic E-state index is 0.00221. The molecule has 0 saturated carbocycles. The third kappa shape index (κ3) is 2.93. The molecule has 0 atom stereocenters. The van der Waals surface area contributed by atoms with Crippen molar-refractivity contribution in [2.24, 2.45) is 0 Å². The van der Waals surface area contributed by atoms with E-state index in [0.29, 0.717) is 13.1 Å². The summed E-state index contributed by atoms with van der Waals surface area (Å²) in [5.74, 6) is -0.00221. The Balaban J connectivity index is 2.17. The molecule has 0 spiro atoms. The van der Waals surface area contributed by atoms with Gasteiger partial charge in [0.05, 0.1) is 18.7 Å². The first-order chi connectivity index (χ1) is 9.15. The highest BCUT2D eigenvalue weighted by atomic mass is 16.3. The third-order valence-electron chi connectivity index (χ3n) is 3.16. The lowest BCUT2D eigenvalue weighted by molar-refractivity contribution is -0.130. The van der Waals surface area contributed by atoms with Gasteiger partial charge in [-0.3, -0.25) is 4.79 Å². The van der Waals surface area contributed by atoms with E-state index in [0.717, 1.165) is 16.9 Å². The number of carbonyl (C=O) groups is 1. The predicted molar refractivity (Wildman–Crippen MR) is 73.0 cm³/mol. The molecule has 0 saturated heterocycles. The fourth-order valence-electron chi connectivity index (χ4n) is 2.14. The number of aromatic nitrogens is 2. The average molecular weight is 261 g/mol. The zero-order chi connectivity index (χ0) is 13.8. The number of aryl methyl sites for hydroxylation is 1. The number of likely N-dealkylation sites (N-methyl/N-ethyl adjacent to an activating group) is 1. The highest BCUT2D eigenvalue weighted by molar-refractivity contribution is 5.78. The molecular weight excluding hydrogens is 242 g/mol. The van der Waals surface area contributed by atoms with Crippen molar-refractivity contribution < 1.29 is 9.90 Å². The van der Waals surface area contributed by atoms with Gasteiger partial charge in [-0.25, -0.2) is 4.98 Å². The van der Waals surface area contributed by atoms with Crippen LogP contribution in [0.25, 0.3) is 5.65 Å². The molecule has 0 radical (unpaired) electrons. The number of rotatable bonds is 5. The van der Waals surface area contributed by atoms with Crippen LogP contribution in [0.1, 0.15) is 18.2 Å². The molecule has 5 nitrogen and oxygen atoms in total. The van der Waals surface area contributed by atoms with Crippen LogP contribution in [-0.2, 0) is 11.2 Å². The first kappa shape index (κ1) is 13.5. The van der Waals surface area contributed by atoms with E-state index in [2.05, 4.69) is 4.98 Å². The number of pyridine rings is 1. The van der Waals surface area contributed by atoms with Gasteiger partial charge in [0.2, 0.25) is 5.91 Å². The van der Waals surface area contributed by atoms with Gasteiger partial charge in [0.15, 0.2) is 0 Å². The molecule has 1 amide bonds. The number of aliphatic hydroxyl groups is 1. The second-order valence-corrected chi connectivity index (χ2v) is 4.53. The van der Waals surface area contributed by atoms with Crippen molar-refractivity contribution in [3.05, 3.63) is 35.8 Å². The maximum Gasteiger partial charge on any atom is 0.228 e. The largest absolute Gasteiger partial charge is 0.395 e. The van der Waals surface area contributed by atoms with Crippen molar-refractivity contribution in [1.29, 1.82) is 0 Å². The number of nitrogens with zero attached hydrogens (tertiary/aromatic N) is 3. The van der Waals surface area contributed by atoms with Crippen LogP contribution >= 0.6 is 0 Å². The Morgan fingerprint density at radius 3 is 2.95 bits per heavy atom. The smallest absolute Gasteiger partial charge is 0.228 e. The quantitative estimate of drug-likeness (QED) is 0.874. The molecule has 2 aromatic heterocycles. The fourth-order valence-corrected chi connectivity index (χ4v) is 2.14. The van der Waals surface area contributed by atoms with E-state index in [-0.39, 0.29) is 18.9 Å². The summed E-state index contributed by atoms with van der Waals surface area (Å²) in [6.45, 7) is 4.87. The van der Waals surface area contributed by atoms with Gasteiger partial charge in [-0.05, 0) is 25.5 Å². The van der Waals surface area contributed by atoms with E-state index in [1.165, 1.54) is 0 Å². The summed E-state index contributed by atoms with van der Waals surface area (Å²) < 4.78 is 1.93. The number of imidazole rings is 1. The Morgan fingerprint density at radius 2 is 2.32 bits per heavy atom. The number of hydrogen-bond donors (Lipinski definition) is 1. The van der Waals surface area contributed by atoms with Crippen LogP contribution in [-0.4, -0.2) is 45.0 Å². The third-order valence-corrected chi connectivity index (χ3v) is 3.16. The van der Waals surface area contributed by atoms with Crippen LogP contribution in [0, 0.1) is 6.92 Å². The van der Waals surface area contributed by atoms with Gasteiger partial charge < -0.3 is 14.4 Å². The lowest BCUT2D eigenvalue weighted by atomic mass is 10.3. The molecule has 0 fully saturated rings. The van der Waals surface area contributed by atoms with Crippen LogP contribution in [0.4, 0.5) is 0 Å². The minimum atomic E-state index is -0.0101. The first-order valence-corrected chi connectivity index (χ1v) is 6.47. The molecule has 2 heterocycles. The molecule has 0 aromatic carbocycles. The Morgan fingerprint density at radius 1 is 1.53 bits per heavy atom. The Hall–Kier alpha value is -1.88. The molecule has 102 valence electrons. The molecule has 1 N–H and O–H groups in total. The van der Waals surface area contributed by atoms with E-state index in [9.17, 15) is 4.79 Å². The number of fused-ring (bicyclic) bond motifs is 1. The van der Waals surface area contributed by atoms with Gasteiger partial charge in [0.1, 0.15) is 5.65 Å². The summed E-state index contributed by atoms with van der Waals surface area (Å²) >= 11 is 0. The van der Waals surface area contributed by atoms with Crippen molar-refractivity contribution in [3.8, 4) is 0 Å². The fraction of sp³-hybridized carbons (Fsp3) is 0.429. The Kier molecular flexibility index (Phi) is 4.16. The zero-order valence-electron chi connectivity index (χ0n) is 11.3. The van der Waals surface area contributed by atoms with Crippen molar-refractivity contribution in [3.63, 3.8) is 0 Å². The number of aliphatic hydroxyl groups excluding tert-OH is 1. The maximum absolute atomic E-state index is 12.1. The van der Waals surface area contributed by atoms with Crippen molar-refractivity contribution in [1.82, 2.24) is 14.3 Å². The topological polar surface area (TPSA) is 57.8 Å². The van der Waals surface area contributed by atoms with Crippen molar-refractivity contribution in [2.45, 2.75) is 20.3 Å². The van der Waals surface area contributed by atoms with Crippen LogP contribution in [0.15, 0.2) is 24.5 Å². The molecule has 2 aromatic rings. The van der Waals surface area contributed by atoms with Crippen molar-refractivity contribution >= 4 is 11.6 Å². The molecular formula is C14H19N3O2. The van der Waals surface area contributed by atoms with Gasteiger partial charge in [-0.2, -0.15) is 0 Å². The normalized spacial score (nSPS) is 10.9. The standard InChI is InChI=1S/C14H19N3O2/c1-3-16(7-8-18)13(19)9-12-10-17-6-4-5-11(2)14(17)15-12/h4-6,10,18H,3,7-9H2,1-2H3. The summed E-state index contributed by atoms with van der Waals surface area (Å²) in [6, 6.07) is 3.96. The second kappa shape index (κ2) is 5.84. The number of carbonyl (C=O) groups excluding carboxylic acids is 1. The minimum Gasteiger partial charge on any atom is -0.395 e. The van der Waals surface area contributed by atoms with Gasteiger partial charge in [-0.15, -0.1) is 0 Å². The molecule has 2 rings (SSSR count).